The Hall–Kier alpha value is -7.11. The van der Waals surface area contributed by atoms with E-state index in [2.05, 4.69) is 169 Å². The number of nitrogens with zero attached hydrogens (tertiary/aromatic N) is 3. The van der Waals surface area contributed by atoms with E-state index in [1.165, 1.54) is 5.56 Å². The number of benzene rings is 7. The first-order valence-electron chi connectivity index (χ1n) is 20.1. The first-order valence-corrected chi connectivity index (χ1v) is 20.1. The van der Waals surface area contributed by atoms with E-state index < -0.39 is 0 Å². The maximum Gasteiger partial charge on any atom is 0.141 e. The van der Waals surface area contributed by atoms with E-state index in [0.29, 0.717) is 12.1 Å². The second-order valence-corrected chi connectivity index (χ2v) is 14.4. The summed E-state index contributed by atoms with van der Waals surface area (Å²) in [6, 6.07) is 60.9. The van der Waals surface area contributed by atoms with Crippen molar-refractivity contribution in [1.29, 1.82) is 0 Å². The average Bonchev–Trinajstić information content (AvgIpc) is 3.80. The molecule has 2 N–H and O–H groups in total. The van der Waals surface area contributed by atoms with Crippen LogP contribution in [-0.2, 0) is 6.42 Å². The van der Waals surface area contributed by atoms with Crippen LogP contribution >= 0.6 is 0 Å². The summed E-state index contributed by atoms with van der Waals surface area (Å²) in [6.07, 6.45) is 3.72. The Labute approximate surface area is 341 Å². The fourth-order valence-electron chi connectivity index (χ4n) is 7.90. The zero-order chi connectivity index (χ0) is 40.0. The summed E-state index contributed by atoms with van der Waals surface area (Å²) in [6.45, 7) is 10.6. The lowest BCUT2D eigenvalue weighted by Gasteiger charge is -2.28. The predicted molar refractivity (Wildman–Crippen MR) is 246 cm³/mol. The number of anilines is 5. The van der Waals surface area contributed by atoms with Gasteiger partial charge in [-0.05, 0) is 91.2 Å². The summed E-state index contributed by atoms with van der Waals surface area (Å²) in [5, 5.41) is 2.24. The molecule has 8 aromatic rings. The van der Waals surface area contributed by atoms with Crippen molar-refractivity contribution in [3.63, 3.8) is 0 Å². The van der Waals surface area contributed by atoms with Gasteiger partial charge in [-0.15, -0.1) is 6.58 Å². The molecule has 0 radical (unpaired) electrons. The Bertz CT molecular complexity index is 2690. The summed E-state index contributed by atoms with van der Waals surface area (Å²) in [4.78, 5) is 9.79. The van der Waals surface area contributed by atoms with Gasteiger partial charge in [0, 0.05) is 57.6 Å². The second kappa shape index (κ2) is 16.9. The maximum absolute atomic E-state index is 6.76. The molecule has 5 nitrogen and oxygen atoms in total. The van der Waals surface area contributed by atoms with E-state index in [0.717, 1.165) is 84.9 Å². The molecule has 7 aromatic carbocycles. The zero-order valence-corrected chi connectivity index (χ0v) is 33.3. The number of rotatable bonds is 10. The van der Waals surface area contributed by atoms with Crippen molar-refractivity contribution in [3.8, 4) is 0 Å². The van der Waals surface area contributed by atoms with E-state index in [-0.39, 0.29) is 5.92 Å². The number of aliphatic imine (C=N–C) groups is 1. The highest BCUT2D eigenvalue weighted by atomic mass is 16.3. The molecule has 0 aliphatic carbocycles. The normalized spacial score (nSPS) is 14.3. The van der Waals surface area contributed by atoms with Crippen LogP contribution in [0.4, 0.5) is 34.1 Å². The lowest BCUT2D eigenvalue weighted by molar-refractivity contribution is 0.657. The molecule has 286 valence electrons. The van der Waals surface area contributed by atoms with Crippen LogP contribution in [0.25, 0.3) is 21.9 Å². The first kappa shape index (κ1) is 37.8. The van der Waals surface area contributed by atoms with Gasteiger partial charge in [-0.2, -0.15) is 0 Å². The number of furan rings is 1. The van der Waals surface area contributed by atoms with Crippen LogP contribution in [0.2, 0.25) is 0 Å². The SMILES string of the molecule is C=C(C)CC1/C(=C\N(c2ccccc2)c2ccccc2)N(c2ccc(CC(=Nc3ccccc3N)c3ccccc3)cc2)c2ccc3c(oc4ccccc43)c21.CC. The van der Waals surface area contributed by atoms with Crippen molar-refractivity contribution in [2.24, 2.45) is 4.99 Å². The number of para-hydroxylation sites is 5. The standard InChI is InChI=1S/C51H42N4O.C2H6/c1-35(2)32-43-48(34-54(38-18-8-4-9-19-38)39-20-10-5-11-21-39)55(47-31-30-42-41-22-12-15-25-49(41)56-51(42)50(43)47)40-28-26-36(27-29-40)33-46(37-16-6-3-7-17-37)53-45-24-14-13-23-44(45)52;1-2/h3-31,34,43H,1,32-33,52H2,2H3;1-2H3/b48-34+,53-46?;. The Balaban J connectivity index is 0.00000231. The van der Waals surface area contributed by atoms with Gasteiger partial charge < -0.3 is 20.0 Å². The highest BCUT2D eigenvalue weighted by Crippen LogP contribution is 2.54. The van der Waals surface area contributed by atoms with Gasteiger partial charge in [-0.1, -0.05) is 129 Å². The fraction of sp³-hybridized carbons (Fsp3) is 0.113. The molecule has 0 bridgehead atoms. The van der Waals surface area contributed by atoms with Crippen molar-refractivity contribution < 1.29 is 4.42 Å². The van der Waals surface area contributed by atoms with Crippen LogP contribution in [-0.4, -0.2) is 5.71 Å². The third-order valence-corrected chi connectivity index (χ3v) is 10.5. The average molecular weight is 757 g/mol. The smallest absolute Gasteiger partial charge is 0.141 e. The van der Waals surface area contributed by atoms with Gasteiger partial charge in [0.25, 0.3) is 0 Å². The van der Waals surface area contributed by atoms with Crippen molar-refractivity contribution in [2.45, 2.75) is 39.5 Å². The third-order valence-electron chi connectivity index (χ3n) is 10.5. The van der Waals surface area contributed by atoms with Gasteiger partial charge in [0.05, 0.1) is 22.8 Å². The minimum absolute atomic E-state index is 0.0190. The summed E-state index contributed by atoms with van der Waals surface area (Å²) >= 11 is 0. The van der Waals surface area contributed by atoms with Gasteiger partial charge in [-0.3, -0.25) is 4.99 Å². The molecule has 1 aliphatic heterocycles. The number of fused-ring (bicyclic) bond motifs is 5. The summed E-state index contributed by atoms with van der Waals surface area (Å²) < 4.78 is 6.76. The van der Waals surface area contributed by atoms with E-state index in [9.17, 15) is 0 Å². The molecule has 0 saturated heterocycles. The molecule has 5 heteroatoms. The van der Waals surface area contributed by atoms with Crippen molar-refractivity contribution in [1.82, 2.24) is 0 Å². The number of hydrogen-bond donors (Lipinski definition) is 1. The van der Waals surface area contributed by atoms with Crippen LogP contribution in [0.3, 0.4) is 0 Å². The minimum Gasteiger partial charge on any atom is -0.456 e. The van der Waals surface area contributed by atoms with E-state index in [1.54, 1.807) is 0 Å². The first-order chi connectivity index (χ1) is 28.5. The fourth-order valence-corrected chi connectivity index (χ4v) is 7.90. The highest BCUT2D eigenvalue weighted by Gasteiger charge is 2.38. The molecule has 0 fully saturated rings. The molecule has 0 spiro atoms. The van der Waals surface area contributed by atoms with E-state index >= 15 is 0 Å². The van der Waals surface area contributed by atoms with Crippen LogP contribution in [0.5, 0.6) is 0 Å². The molecule has 0 saturated carbocycles. The van der Waals surface area contributed by atoms with Gasteiger partial charge in [0.15, 0.2) is 0 Å². The number of nitrogens with two attached hydrogens (primary N) is 1. The van der Waals surface area contributed by atoms with Crippen molar-refractivity contribution >= 4 is 61.8 Å². The Kier molecular flexibility index (Phi) is 11.0. The lowest BCUT2D eigenvalue weighted by atomic mass is 9.91. The number of hydrogen-bond acceptors (Lipinski definition) is 5. The molecule has 1 aliphatic rings. The van der Waals surface area contributed by atoms with Gasteiger partial charge >= 0.3 is 0 Å². The van der Waals surface area contributed by atoms with Gasteiger partial charge in [0.1, 0.15) is 11.2 Å². The van der Waals surface area contributed by atoms with E-state index in [4.69, 9.17) is 15.1 Å². The van der Waals surface area contributed by atoms with Gasteiger partial charge in [0.2, 0.25) is 0 Å². The molecule has 1 atom stereocenters. The molecular weight excluding hydrogens is 709 g/mol. The largest absolute Gasteiger partial charge is 0.456 e. The maximum atomic E-state index is 6.76. The minimum atomic E-state index is -0.0190. The molecule has 58 heavy (non-hydrogen) atoms. The van der Waals surface area contributed by atoms with Crippen molar-refractivity contribution in [3.05, 3.63) is 217 Å². The molecule has 1 aromatic heterocycles. The monoisotopic (exact) mass is 756 g/mol. The summed E-state index contributed by atoms with van der Waals surface area (Å²) in [7, 11) is 0. The molecule has 1 unspecified atom stereocenters. The van der Waals surface area contributed by atoms with E-state index in [1.807, 2.05) is 50.2 Å². The predicted octanol–water partition coefficient (Wildman–Crippen LogP) is 14.4. The Morgan fingerprint density at radius 3 is 1.97 bits per heavy atom. The molecular formula is C53H48N4O. The molecule has 2 heterocycles. The number of allylic oxidation sites excluding steroid dienone is 2. The topological polar surface area (TPSA) is 58.0 Å². The van der Waals surface area contributed by atoms with Crippen LogP contribution < -0.4 is 15.5 Å². The summed E-state index contributed by atoms with van der Waals surface area (Å²) in [5.74, 6) is -0.0190. The van der Waals surface area contributed by atoms with Crippen LogP contribution in [0.15, 0.2) is 209 Å². The zero-order valence-electron chi connectivity index (χ0n) is 33.3. The third kappa shape index (κ3) is 7.55. The molecule has 9 rings (SSSR count). The van der Waals surface area contributed by atoms with Crippen molar-refractivity contribution in [2.75, 3.05) is 15.5 Å². The van der Waals surface area contributed by atoms with Crippen LogP contribution in [0.1, 0.15) is 49.8 Å². The number of nitrogen functional groups attached to an aromatic ring is 1. The lowest BCUT2D eigenvalue weighted by Crippen LogP contribution is -2.19. The Morgan fingerprint density at radius 2 is 1.31 bits per heavy atom. The van der Waals surface area contributed by atoms with Crippen LogP contribution in [0, 0.1) is 0 Å². The summed E-state index contributed by atoms with van der Waals surface area (Å²) in [5.41, 5.74) is 20.5. The van der Waals surface area contributed by atoms with Gasteiger partial charge in [-0.25, -0.2) is 0 Å². The quantitative estimate of drug-likeness (QED) is 0.0858. The second-order valence-electron chi connectivity index (χ2n) is 14.4. The highest BCUT2D eigenvalue weighted by molar-refractivity contribution is 6.09. The Morgan fingerprint density at radius 1 is 0.707 bits per heavy atom. The molecule has 0 amide bonds.